The second-order valence-electron chi connectivity index (χ2n) is 6.41. The zero-order chi connectivity index (χ0) is 21.1. The number of carbonyl (C=O) groups is 1. The van der Waals surface area contributed by atoms with Gasteiger partial charge in [0.05, 0.1) is 11.0 Å². The molecule has 0 bridgehead atoms. The predicted octanol–water partition coefficient (Wildman–Crippen LogP) is 3.59. The molecule has 8 nitrogen and oxygen atoms in total. The molecule has 148 valence electrons. The van der Waals surface area contributed by atoms with Gasteiger partial charge in [-0.1, -0.05) is 35.9 Å². The number of halogens is 1. The van der Waals surface area contributed by atoms with Crippen LogP contribution in [0, 0.1) is 17.0 Å². The number of nitro benzene ring substituents is 1. The Morgan fingerprint density at radius 3 is 2.62 bits per heavy atom. The highest BCUT2D eigenvalue weighted by Gasteiger charge is 2.21. The second-order valence-corrected chi connectivity index (χ2v) is 6.84. The van der Waals surface area contributed by atoms with Crippen molar-refractivity contribution in [3.05, 3.63) is 96.9 Å². The fourth-order valence-electron chi connectivity index (χ4n) is 2.87. The van der Waals surface area contributed by atoms with Crippen LogP contribution >= 0.6 is 11.6 Å². The smallest absolute Gasteiger partial charge is 0.294 e. The van der Waals surface area contributed by atoms with Gasteiger partial charge in [-0.15, -0.1) is 0 Å². The van der Waals surface area contributed by atoms with Crippen molar-refractivity contribution in [3.63, 3.8) is 0 Å². The third kappa shape index (κ3) is 4.33. The van der Waals surface area contributed by atoms with E-state index in [1.165, 1.54) is 28.9 Å². The van der Waals surface area contributed by atoms with Gasteiger partial charge in [0, 0.05) is 22.8 Å². The Balaban J connectivity index is 1.99. The van der Waals surface area contributed by atoms with Gasteiger partial charge in [-0.3, -0.25) is 19.7 Å². The van der Waals surface area contributed by atoms with Crippen molar-refractivity contribution in [2.45, 2.75) is 19.9 Å². The van der Waals surface area contributed by atoms with E-state index in [9.17, 15) is 19.7 Å². The Bertz CT molecular complexity index is 1160. The van der Waals surface area contributed by atoms with Crippen molar-refractivity contribution in [1.82, 2.24) is 15.1 Å². The van der Waals surface area contributed by atoms with Gasteiger partial charge >= 0.3 is 0 Å². The van der Waals surface area contributed by atoms with Gasteiger partial charge in [0.15, 0.2) is 5.69 Å². The summed E-state index contributed by atoms with van der Waals surface area (Å²) < 4.78 is 1.22. The molecule has 1 atom stereocenters. The molecule has 3 aromatic rings. The molecular weight excluding hydrogens is 396 g/mol. The van der Waals surface area contributed by atoms with Crippen molar-refractivity contribution in [2.75, 3.05) is 0 Å². The number of hydrogen-bond acceptors (Lipinski definition) is 5. The lowest BCUT2D eigenvalue weighted by molar-refractivity contribution is -0.384. The molecule has 1 amide bonds. The van der Waals surface area contributed by atoms with Crippen molar-refractivity contribution >= 4 is 23.2 Å². The molecule has 0 saturated carbocycles. The first-order valence-electron chi connectivity index (χ1n) is 8.69. The number of nitro groups is 1. The predicted molar refractivity (Wildman–Crippen MR) is 109 cm³/mol. The van der Waals surface area contributed by atoms with E-state index in [4.69, 9.17) is 11.6 Å². The molecule has 0 radical (unpaired) electrons. The molecule has 0 aliphatic heterocycles. The SMILES string of the molecule is Cc1cc(=O)c(C(=O)NC(C)c2cccc(Cl)c2)nn1-c1ccccc1[N+](=O)[O-]. The van der Waals surface area contributed by atoms with Crippen molar-refractivity contribution in [3.8, 4) is 5.69 Å². The van der Waals surface area contributed by atoms with Crippen LogP contribution in [-0.4, -0.2) is 20.6 Å². The summed E-state index contributed by atoms with van der Waals surface area (Å²) in [5.41, 5.74) is 0.161. The quantitative estimate of drug-likeness (QED) is 0.509. The summed E-state index contributed by atoms with van der Waals surface area (Å²) in [5.74, 6) is -0.685. The van der Waals surface area contributed by atoms with E-state index in [-0.39, 0.29) is 17.1 Å². The van der Waals surface area contributed by atoms with Gasteiger partial charge in [0.2, 0.25) is 5.43 Å². The molecular formula is C20H17ClN4O4. The number of nitrogens with one attached hydrogen (secondary N) is 1. The Morgan fingerprint density at radius 1 is 1.21 bits per heavy atom. The number of carbonyl (C=O) groups excluding carboxylic acids is 1. The molecule has 1 aromatic heterocycles. The van der Waals surface area contributed by atoms with Gasteiger partial charge in [-0.05, 0) is 37.6 Å². The van der Waals surface area contributed by atoms with Crippen LogP contribution in [0.1, 0.15) is 34.7 Å². The van der Waals surface area contributed by atoms with E-state index in [0.29, 0.717) is 10.7 Å². The number of hydrogen-bond donors (Lipinski definition) is 1. The molecule has 1 heterocycles. The summed E-state index contributed by atoms with van der Waals surface area (Å²) >= 11 is 5.98. The van der Waals surface area contributed by atoms with E-state index < -0.39 is 22.3 Å². The Kier molecular flexibility index (Phi) is 5.74. The molecule has 2 aromatic carbocycles. The van der Waals surface area contributed by atoms with Crippen molar-refractivity contribution < 1.29 is 9.72 Å². The maximum atomic E-state index is 12.7. The third-order valence-electron chi connectivity index (χ3n) is 4.33. The lowest BCUT2D eigenvalue weighted by atomic mass is 10.1. The van der Waals surface area contributed by atoms with Gasteiger partial charge < -0.3 is 5.32 Å². The van der Waals surface area contributed by atoms with E-state index in [1.807, 2.05) is 0 Å². The summed E-state index contributed by atoms with van der Waals surface area (Å²) in [6.45, 7) is 3.33. The third-order valence-corrected chi connectivity index (χ3v) is 4.56. The summed E-state index contributed by atoms with van der Waals surface area (Å²) in [4.78, 5) is 35.8. The van der Waals surface area contributed by atoms with Crippen LogP contribution in [0.25, 0.3) is 5.69 Å². The molecule has 3 rings (SSSR count). The number of rotatable bonds is 5. The number of para-hydroxylation sites is 2. The van der Waals surface area contributed by atoms with Crippen LogP contribution in [-0.2, 0) is 0 Å². The topological polar surface area (TPSA) is 107 Å². The molecule has 0 aliphatic rings. The first-order chi connectivity index (χ1) is 13.8. The zero-order valence-corrected chi connectivity index (χ0v) is 16.4. The number of amides is 1. The van der Waals surface area contributed by atoms with Crippen LogP contribution < -0.4 is 10.7 Å². The first kappa shape index (κ1) is 20.2. The lowest BCUT2D eigenvalue weighted by Crippen LogP contribution is -2.33. The van der Waals surface area contributed by atoms with Gasteiger partial charge in [0.25, 0.3) is 11.6 Å². The number of aryl methyl sites for hydroxylation is 1. The Labute approximate surface area is 170 Å². The highest BCUT2D eigenvalue weighted by molar-refractivity contribution is 6.30. The van der Waals surface area contributed by atoms with Gasteiger partial charge in [-0.25, -0.2) is 4.68 Å². The van der Waals surface area contributed by atoms with E-state index in [1.54, 1.807) is 44.2 Å². The molecule has 29 heavy (non-hydrogen) atoms. The van der Waals surface area contributed by atoms with E-state index >= 15 is 0 Å². The minimum Gasteiger partial charge on any atom is -0.344 e. The average molecular weight is 413 g/mol. The fourth-order valence-corrected chi connectivity index (χ4v) is 3.07. The fraction of sp³-hybridized carbons (Fsp3) is 0.150. The molecule has 0 spiro atoms. The molecule has 0 saturated heterocycles. The van der Waals surface area contributed by atoms with Gasteiger partial charge in [0.1, 0.15) is 5.69 Å². The maximum absolute atomic E-state index is 12.7. The summed E-state index contributed by atoms with van der Waals surface area (Å²) in [5, 5.41) is 18.7. The largest absolute Gasteiger partial charge is 0.344 e. The van der Waals surface area contributed by atoms with E-state index in [2.05, 4.69) is 10.4 Å². The van der Waals surface area contributed by atoms with E-state index in [0.717, 1.165) is 5.56 Å². The molecule has 0 aliphatic carbocycles. The molecule has 9 heteroatoms. The zero-order valence-electron chi connectivity index (χ0n) is 15.6. The average Bonchev–Trinajstić information content (AvgIpc) is 2.68. The molecule has 1 unspecified atom stereocenters. The minimum absolute atomic E-state index is 0.159. The standard InChI is InChI=1S/C20H17ClN4O4/c1-12-10-18(26)19(20(27)22-13(2)14-6-5-7-15(21)11-14)23-24(12)16-8-3-4-9-17(16)25(28)29/h3-11,13H,1-2H3,(H,22,27). The highest BCUT2D eigenvalue weighted by Crippen LogP contribution is 2.22. The normalized spacial score (nSPS) is 11.7. The summed E-state index contributed by atoms with van der Waals surface area (Å²) in [6, 6.07) is 13.7. The monoisotopic (exact) mass is 412 g/mol. The number of nitrogens with zero attached hydrogens (tertiary/aromatic N) is 3. The maximum Gasteiger partial charge on any atom is 0.294 e. The second kappa shape index (κ2) is 8.24. The van der Waals surface area contributed by atoms with Crippen LogP contribution in [0.3, 0.4) is 0 Å². The van der Waals surface area contributed by atoms with Crippen LogP contribution in [0.2, 0.25) is 5.02 Å². The Hall–Kier alpha value is -3.52. The van der Waals surface area contributed by atoms with Crippen LogP contribution in [0.15, 0.2) is 59.4 Å². The van der Waals surface area contributed by atoms with Crippen LogP contribution in [0.4, 0.5) is 5.69 Å². The lowest BCUT2D eigenvalue weighted by Gasteiger charge is -2.15. The molecule has 1 N–H and O–H groups in total. The molecule has 0 fully saturated rings. The Morgan fingerprint density at radius 2 is 1.93 bits per heavy atom. The van der Waals surface area contributed by atoms with Crippen molar-refractivity contribution in [1.29, 1.82) is 0 Å². The van der Waals surface area contributed by atoms with Crippen molar-refractivity contribution in [2.24, 2.45) is 0 Å². The summed E-state index contributed by atoms with van der Waals surface area (Å²) in [6.07, 6.45) is 0. The summed E-state index contributed by atoms with van der Waals surface area (Å²) in [7, 11) is 0. The minimum atomic E-state index is -0.685. The first-order valence-corrected chi connectivity index (χ1v) is 9.07. The number of benzene rings is 2. The van der Waals surface area contributed by atoms with Crippen LogP contribution in [0.5, 0.6) is 0 Å². The number of aromatic nitrogens is 2. The highest BCUT2D eigenvalue weighted by atomic mass is 35.5. The van der Waals surface area contributed by atoms with Gasteiger partial charge in [-0.2, -0.15) is 5.10 Å².